The van der Waals surface area contributed by atoms with Crippen molar-refractivity contribution < 1.29 is 14.4 Å². The van der Waals surface area contributed by atoms with Crippen molar-refractivity contribution >= 4 is 17.6 Å². The first kappa shape index (κ1) is 13.3. The Labute approximate surface area is 111 Å². The zero-order valence-corrected chi connectivity index (χ0v) is 11.4. The minimum atomic E-state index is -0.951. The molecule has 0 aromatic heterocycles. The molecule has 0 spiro atoms. The van der Waals surface area contributed by atoms with Gasteiger partial charge in [0.15, 0.2) is 5.60 Å². The normalized spacial score (nSPS) is 28.3. The van der Waals surface area contributed by atoms with Crippen LogP contribution in [0.2, 0.25) is 5.02 Å². The molecular formula is C13H16ClNO3. The summed E-state index contributed by atoms with van der Waals surface area (Å²) in [5.41, 5.74) is 0.00200. The molecule has 0 saturated carbocycles. The highest BCUT2D eigenvalue weighted by molar-refractivity contribution is 6.31. The molecule has 1 aliphatic heterocycles. The lowest BCUT2D eigenvalue weighted by Crippen LogP contribution is -2.36. The van der Waals surface area contributed by atoms with Crippen molar-refractivity contribution in [3.63, 3.8) is 0 Å². The van der Waals surface area contributed by atoms with Crippen LogP contribution in [0, 0.1) is 0 Å². The van der Waals surface area contributed by atoms with Crippen LogP contribution in [-0.4, -0.2) is 30.8 Å². The van der Waals surface area contributed by atoms with Crippen LogP contribution in [-0.2, 0) is 14.4 Å². The van der Waals surface area contributed by atoms with Crippen molar-refractivity contribution in [2.75, 3.05) is 14.2 Å². The monoisotopic (exact) mass is 269 g/mol. The highest BCUT2D eigenvalue weighted by Gasteiger charge is 2.48. The average molecular weight is 270 g/mol. The Bertz CT molecular complexity index is 465. The fourth-order valence-corrected chi connectivity index (χ4v) is 2.57. The zero-order valence-electron chi connectivity index (χ0n) is 10.6. The van der Waals surface area contributed by atoms with Crippen LogP contribution in [0.25, 0.3) is 0 Å². The Morgan fingerprint density at radius 3 is 2.83 bits per heavy atom. The third-order valence-corrected chi connectivity index (χ3v) is 3.59. The van der Waals surface area contributed by atoms with Gasteiger partial charge < -0.3 is 4.74 Å². The van der Waals surface area contributed by atoms with Gasteiger partial charge in [0.1, 0.15) is 0 Å². The molecule has 1 aromatic carbocycles. The molecule has 98 valence electrons. The second-order valence-electron chi connectivity index (χ2n) is 4.60. The first-order valence-corrected chi connectivity index (χ1v) is 6.10. The van der Waals surface area contributed by atoms with Crippen LogP contribution in [0.4, 0.5) is 0 Å². The number of halogens is 1. The van der Waals surface area contributed by atoms with Crippen molar-refractivity contribution in [2.45, 2.75) is 25.0 Å². The lowest BCUT2D eigenvalue weighted by atomic mass is 9.94. The van der Waals surface area contributed by atoms with Gasteiger partial charge in [-0.2, -0.15) is 5.06 Å². The Kier molecular flexibility index (Phi) is 3.61. The molecule has 1 saturated heterocycles. The van der Waals surface area contributed by atoms with E-state index in [9.17, 15) is 4.79 Å². The third-order valence-electron chi connectivity index (χ3n) is 3.25. The van der Waals surface area contributed by atoms with E-state index in [1.807, 2.05) is 24.3 Å². The number of hydroxylamine groups is 2. The molecular weight excluding hydrogens is 254 g/mol. The van der Waals surface area contributed by atoms with Crippen LogP contribution in [0.5, 0.6) is 0 Å². The summed E-state index contributed by atoms with van der Waals surface area (Å²) in [6.45, 7) is 1.73. The van der Waals surface area contributed by atoms with Crippen molar-refractivity contribution in [1.82, 2.24) is 5.06 Å². The molecule has 0 unspecified atom stereocenters. The summed E-state index contributed by atoms with van der Waals surface area (Å²) in [7, 11) is 3.15. The molecule has 1 heterocycles. The number of hydrogen-bond acceptors (Lipinski definition) is 4. The molecule has 1 aliphatic rings. The molecule has 0 radical (unpaired) electrons. The number of rotatable bonds is 2. The van der Waals surface area contributed by atoms with Crippen molar-refractivity contribution in [3.8, 4) is 0 Å². The molecule has 1 aromatic rings. The van der Waals surface area contributed by atoms with Crippen molar-refractivity contribution in [1.29, 1.82) is 0 Å². The minimum Gasteiger partial charge on any atom is -0.467 e. The number of carbonyl (C=O) groups is 1. The molecule has 1 fully saturated rings. The maximum Gasteiger partial charge on any atom is 0.340 e. The lowest BCUT2D eigenvalue weighted by Gasteiger charge is -2.20. The quantitative estimate of drug-likeness (QED) is 0.774. The number of benzene rings is 1. The van der Waals surface area contributed by atoms with Gasteiger partial charge in [-0.1, -0.05) is 29.8 Å². The molecule has 0 amide bonds. The minimum absolute atomic E-state index is 0.0530. The van der Waals surface area contributed by atoms with Crippen LogP contribution >= 0.6 is 11.6 Å². The number of carbonyl (C=O) groups excluding carboxylic acids is 1. The Balaban J connectivity index is 2.28. The highest BCUT2D eigenvalue weighted by Crippen LogP contribution is 2.41. The summed E-state index contributed by atoms with van der Waals surface area (Å²) in [5.74, 6) is -0.371. The van der Waals surface area contributed by atoms with Crippen LogP contribution in [0.3, 0.4) is 0 Å². The summed E-state index contributed by atoms with van der Waals surface area (Å²) in [6, 6.07) is 7.51. The molecule has 2 rings (SSSR count). The van der Waals surface area contributed by atoms with Gasteiger partial charge in [0.2, 0.25) is 0 Å². The van der Waals surface area contributed by atoms with Crippen LogP contribution in [0.15, 0.2) is 24.3 Å². The number of nitrogens with zero attached hydrogens (tertiary/aromatic N) is 1. The molecule has 0 N–H and O–H groups in total. The van der Waals surface area contributed by atoms with Crippen molar-refractivity contribution in [3.05, 3.63) is 34.9 Å². The number of hydrogen-bond donors (Lipinski definition) is 0. The van der Waals surface area contributed by atoms with E-state index in [2.05, 4.69) is 0 Å². The highest BCUT2D eigenvalue weighted by atomic mass is 35.5. The van der Waals surface area contributed by atoms with E-state index < -0.39 is 5.60 Å². The van der Waals surface area contributed by atoms with Crippen LogP contribution < -0.4 is 0 Å². The second-order valence-corrected chi connectivity index (χ2v) is 5.01. The van der Waals surface area contributed by atoms with E-state index in [1.54, 1.807) is 19.0 Å². The van der Waals surface area contributed by atoms with Gasteiger partial charge in [-0.3, -0.25) is 4.84 Å². The summed E-state index contributed by atoms with van der Waals surface area (Å²) < 4.78 is 4.78. The standard InChI is InChI=1S/C13H16ClNO3/c1-13(12(16)17-3)8-11(15(2)18-13)9-6-4-5-7-10(9)14/h4-7,11H,8H2,1-3H3/t11-,13+/m1/s1. The predicted molar refractivity (Wildman–Crippen MR) is 68.1 cm³/mol. The van der Waals surface area contributed by atoms with Gasteiger partial charge in [-0.25, -0.2) is 4.79 Å². The molecule has 2 atom stereocenters. The fraction of sp³-hybridized carbons (Fsp3) is 0.462. The van der Waals surface area contributed by atoms with E-state index in [0.29, 0.717) is 11.4 Å². The number of methoxy groups -OCH3 is 1. The maximum atomic E-state index is 11.7. The van der Waals surface area contributed by atoms with E-state index in [1.165, 1.54) is 7.11 Å². The molecule has 0 aliphatic carbocycles. The van der Waals surface area contributed by atoms with Gasteiger partial charge >= 0.3 is 5.97 Å². The second kappa shape index (κ2) is 4.88. The maximum absolute atomic E-state index is 11.7. The Morgan fingerprint density at radius 1 is 1.56 bits per heavy atom. The molecule has 4 nitrogen and oxygen atoms in total. The molecule has 5 heteroatoms. The first-order valence-electron chi connectivity index (χ1n) is 5.73. The third kappa shape index (κ3) is 2.23. The molecule has 0 bridgehead atoms. The smallest absolute Gasteiger partial charge is 0.340 e. The van der Waals surface area contributed by atoms with Gasteiger partial charge in [0.25, 0.3) is 0 Å². The lowest BCUT2D eigenvalue weighted by molar-refractivity contribution is -0.205. The fourth-order valence-electron chi connectivity index (χ4n) is 2.30. The van der Waals surface area contributed by atoms with E-state index in [4.69, 9.17) is 21.2 Å². The first-order chi connectivity index (χ1) is 8.48. The van der Waals surface area contributed by atoms with Gasteiger partial charge in [0, 0.05) is 18.5 Å². The SMILES string of the molecule is COC(=O)[C@]1(C)C[C@H](c2ccccc2Cl)N(C)O1. The van der Waals surface area contributed by atoms with Gasteiger partial charge in [-0.15, -0.1) is 0 Å². The predicted octanol–water partition coefficient (Wildman–Crippen LogP) is 2.58. The summed E-state index contributed by atoms with van der Waals surface area (Å²) in [5, 5.41) is 2.34. The van der Waals surface area contributed by atoms with Crippen LogP contribution in [0.1, 0.15) is 24.9 Å². The summed E-state index contributed by atoms with van der Waals surface area (Å²) >= 11 is 6.18. The van der Waals surface area contributed by atoms with Crippen molar-refractivity contribution in [2.24, 2.45) is 0 Å². The zero-order chi connectivity index (χ0) is 13.3. The Hall–Kier alpha value is -1.10. The van der Waals surface area contributed by atoms with E-state index in [-0.39, 0.29) is 12.0 Å². The number of esters is 1. The Morgan fingerprint density at radius 2 is 2.22 bits per heavy atom. The number of ether oxygens (including phenoxy) is 1. The van der Waals surface area contributed by atoms with Gasteiger partial charge in [0.05, 0.1) is 13.2 Å². The van der Waals surface area contributed by atoms with Gasteiger partial charge in [-0.05, 0) is 18.6 Å². The topological polar surface area (TPSA) is 38.8 Å². The summed E-state index contributed by atoms with van der Waals surface area (Å²) in [6.07, 6.45) is 0.514. The summed E-state index contributed by atoms with van der Waals surface area (Å²) in [4.78, 5) is 17.4. The molecule has 18 heavy (non-hydrogen) atoms. The largest absolute Gasteiger partial charge is 0.467 e. The van der Waals surface area contributed by atoms with E-state index >= 15 is 0 Å². The average Bonchev–Trinajstić information content (AvgIpc) is 2.66. The van der Waals surface area contributed by atoms with E-state index in [0.717, 1.165) is 5.56 Å².